The van der Waals surface area contributed by atoms with Gasteiger partial charge >= 0.3 is 0 Å². The zero-order valence-corrected chi connectivity index (χ0v) is 14.2. The van der Waals surface area contributed by atoms with Crippen LogP contribution in [0.25, 0.3) is 6.08 Å². The molecule has 1 aromatic rings. The van der Waals surface area contributed by atoms with Crippen LogP contribution in [0.2, 0.25) is 0 Å². The first kappa shape index (κ1) is 18.2. The summed E-state index contributed by atoms with van der Waals surface area (Å²) >= 11 is 0. The van der Waals surface area contributed by atoms with E-state index in [-0.39, 0.29) is 12.5 Å². The maximum Gasteiger partial charge on any atom is 0.246 e. The Morgan fingerprint density at radius 3 is 2.88 bits per heavy atom. The Hall–Kier alpha value is -2.16. The molecule has 0 radical (unpaired) electrons. The summed E-state index contributed by atoms with van der Waals surface area (Å²) in [7, 11) is 2.08. The van der Waals surface area contributed by atoms with Crippen molar-refractivity contribution in [3.63, 3.8) is 0 Å². The van der Waals surface area contributed by atoms with Gasteiger partial charge in [0.1, 0.15) is 0 Å². The molecule has 5 heteroatoms. The second-order valence-corrected chi connectivity index (χ2v) is 6.18. The van der Waals surface area contributed by atoms with Gasteiger partial charge in [-0.3, -0.25) is 4.79 Å². The van der Waals surface area contributed by atoms with Crippen LogP contribution in [0.4, 0.5) is 0 Å². The molecule has 1 fully saturated rings. The molecule has 1 aliphatic heterocycles. The number of likely N-dealkylation sites (tertiary alicyclic amines) is 1. The van der Waals surface area contributed by atoms with Gasteiger partial charge in [0.15, 0.2) is 0 Å². The average Bonchev–Trinajstić information content (AvgIpc) is 2.64. The number of hydrogen-bond donors (Lipinski definition) is 1. The SMILES string of the molecule is CN(CCCO)C1CCN(C(=O)/C=C/c2cccc(C#N)c2)CC1. The predicted octanol–water partition coefficient (Wildman–Crippen LogP) is 1.88. The van der Waals surface area contributed by atoms with E-state index in [0.29, 0.717) is 11.6 Å². The van der Waals surface area contributed by atoms with Gasteiger partial charge in [-0.05, 0) is 50.1 Å². The van der Waals surface area contributed by atoms with E-state index in [0.717, 1.165) is 44.5 Å². The quantitative estimate of drug-likeness (QED) is 0.810. The number of amides is 1. The van der Waals surface area contributed by atoms with Gasteiger partial charge in [0, 0.05) is 38.4 Å². The summed E-state index contributed by atoms with van der Waals surface area (Å²) in [5, 5.41) is 17.8. The van der Waals surface area contributed by atoms with Gasteiger partial charge in [0.25, 0.3) is 0 Å². The summed E-state index contributed by atoms with van der Waals surface area (Å²) < 4.78 is 0. The van der Waals surface area contributed by atoms with Crippen molar-refractivity contribution in [3.05, 3.63) is 41.5 Å². The van der Waals surface area contributed by atoms with E-state index in [2.05, 4.69) is 18.0 Å². The van der Waals surface area contributed by atoms with Crippen LogP contribution in [0.3, 0.4) is 0 Å². The molecule has 0 aromatic heterocycles. The highest BCUT2D eigenvalue weighted by Crippen LogP contribution is 2.16. The number of carbonyl (C=O) groups excluding carboxylic acids is 1. The molecular formula is C19H25N3O2. The summed E-state index contributed by atoms with van der Waals surface area (Å²) in [6.07, 6.45) is 6.08. The Bertz CT molecular complexity index is 613. The summed E-state index contributed by atoms with van der Waals surface area (Å²) in [5.74, 6) is 0.0221. The molecule has 0 aliphatic carbocycles. The van der Waals surface area contributed by atoms with E-state index in [4.69, 9.17) is 10.4 Å². The zero-order valence-electron chi connectivity index (χ0n) is 14.2. The third-order valence-corrected chi connectivity index (χ3v) is 4.50. The molecule has 0 saturated carbocycles. The highest BCUT2D eigenvalue weighted by atomic mass is 16.3. The predicted molar refractivity (Wildman–Crippen MR) is 94.1 cm³/mol. The molecule has 24 heavy (non-hydrogen) atoms. The second kappa shape index (κ2) is 9.21. The van der Waals surface area contributed by atoms with Gasteiger partial charge in [-0.25, -0.2) is 0 Å². The van der Waals surface area contributed by atoms with Crippen molar-refractivity contribution in [2.24, 2.45) is 0 Å². The monoisotopic (exact) mass is 327 g/mol. The Morgan fingerprint density at radius 1 is 1.46 bits per heavy atom. The zero-order chi connectivity index (χ0) is 17.4. The van der Waals surface area contributed by atoms with Crippen molar-refractivity contribution < 1.29 is 9.90 Å². The van der Waals surface area contributed by atoms with Gasteiger partial charge in [0.05, 0.1) is 11.6 Å². The van der Waals surface area contributed by atoms with E-state index in [1.54, 1.807) is 24.3 Å². The minimum Gasteiger partial charge on any atom is -0.396 e. The van der Waals surface area contributed by atoms with Crippen LogP contribution >= 0.6 is 0 Å². The molecule has 0 bridgehead atoms. The summed E-state index contributed by atoms with van der Waals surface area (Å²) in [4.78, 5) is 16.5. The topological polar surface area (TPSA) is 67.6 Å². The molecule has 1 N–H and O–H groups in total. The smallest absolute Gasteiger partial charge is 0.246 e. The van der Waals surface area contributed by atoms with E-state index in [9.17, 15) is 4.79 Å². The molecule has 1 saturated heterocycles. The van der Waals surface area contributed by atoms with Crippen molar-refractivity contribution in [3.8, 4) is 6.07 Å². The lowest BCUT2D eigenvalue weighted by Crippen LogP contribution is -2.45. The van der Waals surface area contributed by atoms with Crippen molar-refractivity contribution in [1.29, 1.82) is 5.26 Å². The minimum atomic E-state index is 0.0221. The van der Waals surface area contributed by atoms with E-state index in [1.165, 1.54) is 0 Å². The van der Waals surface area contributed by atoms with Crippen LogP contribution in [-0.4, -0.2) is 60.1 Å². The minimum absolute atomic E-state index is 0.0221. The molecule has 1 aromatic carbocycles. The maximum absolute atomic E-state index is 12.3. The first-order chi connectivity index (χ1) is 11.6. The number of nitrogens with zero attached hydrogens (tertiary/aromatic N) is 3. The van der Waals surface area contributed by atoms with Gasteiger partial charge in [-0.1, -0.05) is 12.1 Å². The Kier molecular flexibility index (Phi) is 6.98. The Balaban J connectivity index is 1.84. The first-order valence-electron chi connectivity index (χ1n) is 8.42. The molecule has 2 rings (SSSR count). The van der Waals surface area contributed by atoms with Gasteiger partial charge < -0.3 is 14.9 Å². The van der Waals surface area contributed by atoms with E-state index >= 15 is 0 Å². The maximum atomic E-state index is 12.3. The fraction of sp³-hybridized carbons (Fsp3) is 0.474. The first-order valence-corrected chi connectivity index (χ1v) is 8.42. The lowest BCUT2D eigenvalue weighted by atomic mass is 10.0. The number of piperidine rings is 1. The molecule has 1 aliphatic rings. The van der Waals surface area contributed by atoms with Crippen molar-refractivity contribution in [2.45, 2.75) is 25.3 Å². The highest BCUT2D eigenvalue weighted by Gasteiger charge is 2.23. The van der Waals surface area contributed by atoms with Crippen LogP contribution in [-0.2, 0) is 4.79 Å². The number of hydrogen-bond acceptors (Lipinski definition) is 4. The van der Waals surface area contributed by atoms with Gasteiger partial charge in [-0.2, -0.15) is 5.26 Å². The van der Waals surface area contributed by atoms with Crippen molar-refractivity contribution >= 4 is 12.0 Å². The highest BCUT2D eigenvalue weighted by molar-refractivity contribution is 5.91. The number of nitriles is 1. The average molecular weight is 327 g/mol. The molecule has 0 atom stereocenters. The number of aliphatic hydroxyl groups excluding tert-OH is 1. The van der Waals surface area contributed by atoms with Crippen molar-refractivity contribution in [2.75, 3.05) is 33.3 Å². The molecule has 1 heterocycles. The van der Waals surface area contributed by atoms with E-state index < -0.39 is 0 Å². The van der Waals surface area contributed by atoms with Crippen molar-refractivity contribution in [1.82, 2.24) is 9.80 Å². The fourth-order valence-electron chi connectivity index (χ4n) is 3.01. The summed E-state index contributed by atoms with van der Waals surface area (Å²) in [5.41, 5.74) is 1.46. The van der Waals surface area contributed by atoms with Crippen LogP contribution in [0.5, 0.6) is 0 Å². The number of benzene rings is 1. The standard InChI is InChI=1S/C19H25N3O2/c1-21(10-3-13-23)18-8-11-22(12-9-18)19(24)7-6-16-4-2-5-17(14-16)15-20/h2,4-7,14,18,23H,3,8-13H2,1H3/b7-6+. The van der Waals surface area contributed by atoms with Crippen LogP contribution in [0.1, 0.15) is 30.4 Å². The molecule has 1 amide bonds. The number of rotatable bonds is 6. The molecule has 5 nitrogen and oxygen atoms in total. The lowest BCUT2D eigenvalue weighted by Gasteiger charge is -2.36. The normalized spacial score (nSPS) is 15.8. The molecular weight excluding hydrogens is 302 g/mol. The Labute approximate surface area is 143 Å². The van der Waals surface area contributed by atoms with Crippen LogP contribution in [0, 0.1) is 11.3 Å². The Morgan fingerprint density at radius 2 is 2.21 bits per heavy atom. The van der Waals surface area contributed by atoms with Crippen LogP contribution in [0.15, 0.2) is 30.3 Å². The third kappa shape index (κ3) is 5.19. The number of aliphatic hydroxyl groups is 1. The summed E-state index contributed by atoms with van der Waals surface area (Å²) in [6.45, 7) is 2.63. The second-order valence-electron chi connectivity index (χ2n) is 6.18. The molecule has 0 spiro atoms. The van der Waals surface area contributed by atoms with E-state index in [1.807, 2.05) is 17.0 Å². The largest absolute Gasteiger partial charge is 0.396 e. The van der Waals surface area contributed by atoms with Gasteiger partial charge in [-0.15, -0.1) is 0 Å². The molecule has 128 valence electrons. The number of carbonyl (C=O) groups is 1. The van der Waals surface area contributed by atoms with Crippen LogP contribution < -0.4 is 0 Å². The fourth-order valence-corrected chi connectivity index (χ4v) is 3.01. The molecule has 0 unspecified atom stereocenters. The third-order valence-electron chi connectivity index (χ3n) is 4.50. The lowest BCUT2D eigenvalue weighted by molar-refractivity contribution is -0.127. The summed E-state index contributed by atoms with van der Waals surface area (Å²) in [6, 6.07) is 9.80. The van der Waals surface area contributed by atoms with Gasteiger partial charge in [0.2, 0.25) is 5.91 Å².